The van der Waals surface area contributed by atoms with Gasteiger partial charge in [-0.25, -0.2) is 42.8 Å². The molecule has 0 bridgehead atoms. The second-order valence-corrected chi connectivity index (χ2v) is 24.0. The minimum Gasteiger partial charge on any atom is -0.268 e. The van der Waals surface area contributed by atoms with E-state index in [1.807, 2.05) is 41.5 Å². The molecule has 0 amide bonds. The van der Waals surface area contributed by atoms with E-state index in [0.717, 1.165) is 5.75 Å². The third-order valence-corrected chi connectivity index (χ3v) is 11.3. The van der Waals surface area contributed by atoms with Crippen molar-refractivity contribution >= 4 is 54.9 Å². The molecule has 16 heteroatoms. The highest BCUT2D eigenvalue weighted by Crippen LogP contribution is 2.07. The topological polar surface area (TPSA) is 166 Å². The van der Waals surface area contributed by atoms with E-state index in [1.54, 1.807) is 64.3 Å². The monoisotopic (exact) mass is 759 g/mol. The normalized spacial score (nSPS) is 13.4. The third-order valence-electron chi connectivity index (χ3n) is 4.16. The molecule has 0 aromatic heterocycles. The Balaban J connectivity index is -0.000000244. The van der Waals surface area contributed by atoms with Crippen molar-refractivity contribution in [1.82, 2.24) is 4.72 Å². The molecule has 0 heterocycles. The average Bonchev–Trinajstić information content (AvgIpc) is 2.75. The SMILES string of the molecule is C=S(C)(=O)CC(C)C.CC(C)CS(=O)(=O)CF.CC(C)CS(C)(=O)=O.CC(C)CS(C)(=O)=O.CC(C)NS(=O)(=O)c1ccccc1. The van der Waals surface area contributed by atoms with E-state index < -0.39 is 55.1 Å². The molecule has 10 nitrogen and oxygen atoms in total. The number of hydrogen-bond donors (Lipinski definition) is 1. The van der Waals surface area contributed by atoms with Gasteiger partial charge in [-0.3, -0.25) is 4.21 Å². The smallest absolute Gasteiger partial charge is 0.240 e. The number of nitrogens with one attached hydrogen (secondary N) is 1. The fraction of sp³-hybridized carbons (Fsp3) is 0.767. The van der Waals surface area contributed by atoms with Crippen molar-refractivity contribution in [2.75, 3.05) is 47.8 Å². The van der Waals surface area contributed by atoms with Crippen molar-refractivity contribution in [3.05, 3.63) is 30.3 Å². The van der Waals surface area contributed by atoms with Crippen molar-refractivity contribution in [2.24, 2.45) is 23.7 Å². The highest BCUT2D eigenvalue weighted by atomic mass is 32.2. The highest BCUT2D eigenvalue weighted by Gasteiger charge is 2.14. The van der Waals surface area contributed by atoms with Gasteiger partial charge in [-0.15, -0.1) is 0 Å². The van der Waals surface area contributed by atoms with Crippen LogP contribution in [0.25, 0.3) is 0 Å². The molecule has 1 rings (SSSR count). The molecule has 1 unspecified atom stereocenters. The molecular formula is C30H62FNO9S5. The Morgan fingerprint density at radius 2 is 0.913 bits per heavy atom. The van der Waals surface area contributed by atoms with E-state index >= 15 is 0 Å². The number of hydrogen-bond acceptors (Lipinski definition) is 9. The maximum atomic E-state index is 11.5. The zero-order valence-electron chi connectivity index (χ0n) is 30.1. The first-order chi connectivity index (χ1) is 20.2. The first-order valence-corrected chi connectivity index (χ1v) is 24.5. The van der Waals surface area contributed by atoms with E-state index in [9.17, 15) is 42.3 Å². The van der Waals surface area contributed by atoms with Crippen LogP contribution >= 0.6 is 0 Å². The van der Waals surface area contributed by atoms with Gasteiger partial charge in [-0.2, -0.15) is 0 Å². The number of halogens is 1. The molecule has 1 aromatic rings. The van der Waals surface area contributed by atoms with Crippen LogP contribution in [0.4, 0.5) is 4.39 Å². The Bertz CT molecular complexity index is 1380. The number of sulfone groups is 3. The second kappa shape index (κ2) is 24.1. The summed E-state index contributed by atoms with van der Waals surface area (Å²) in [6.45, 7) is 18.7. The van der Waals surface area contributed by atoms with Crippen LogP contribution in [-0.2, 0) is 49.1 Å². The van der Waals surface area contributed by atoms with E-state index in [1.165, 1.54) is 12.5 Å². The van der Waals surface area contributed by atoms with Gasteiger partial charge in [0.15, 0.2) is 15.8 Å². The van der Waals surface area contributed by atoms with Gasteiger partial charge < -0.3 is 0 Å². The zero-order valence-corrected chi connectivity index (χ0v) is 34.2. The molecule has 0 aliphatic rings. The minimum absolute atomic E-state index is 0.0192. The van der Waals surface area contributed by atoms with Crippen LogP contribution < -0.4 is 4.72 Å². The molecule has 1 N–H and O–H groups in total. The Kier molecular flexibility index (Phi) is 27.1. The van der Waals surface area contributed by atoms with Crippen LogP contribution in [0.15, 0.2) is 35.2 Å². The maximum Gasteiger partial charge on any atom is 0.240 e. The molecule has 0 saturated heterocycles. The summed E-state index contributed by atoms with van der Waals surface area (Å²) in [5.41, 5.74) is 0. The molecular weight excluding hydrogens is 698 g/mol. The summed E-state index contributed by atoms with van der Waals surface area (Å²) in [6, 6.07) is 7.03. The Morgan fingerprint density at radius 1 is 0.587 bits per heavy atom. The summed E-state index contributed by atoms with van der Waals surface area (Å²) < 4.78 is 111. The summed E-state index contributed by atoms with van der Waals surface area (Å²) in [6.07, 6.45) is 4.22. The van der Waals surface area contributed by atoms with Gasteiger partial charge in [0.05, 0.1) is 22.2 Å². The summed E-state index contributed by atoms with van der Waals surface area (Å²) in [5.74, 6) is 5.86. The predicted molar refractivity (Wildman–Crippen MR) is 196 cm³/mol. The van der Waals surface area contributed by atoms with Crippen molar-refractivity contribution in [3.8, 4) is 0 Å². The largest absolute Gasteiger partial charge is 0.268 e. The molecule has 0 radical (unpaired) electrons. The molecule has 46 heavy (non-hydrogen) atoms. The molecule has 0 saturated carbocycles. The van der Waals surface area contributed by atoms with Crippen molar-refractivity contribution in [3.63, 3.8) is 0 Å². The van der Waals surface area contributed by atoms with Gasteiger partial charge in [0.1, 0.15) is 19.7 Å². The standard InChI is InChI=1S/C9H13NO2S.C6H14OS.C5H11FO2S.2C5H12O2S/c1-8(2)10-13(11,12)9-6-4-3-5-7-9;1-6(2)5-8(3,4)7;1-5(2)3-9(7,8)4-6;2*1-5(2)4-8(3,6)7/h3-8,10H,1-2H3;6H,3,5H2,1-2,4H3;5H,3-4H2,1-2H3;2*5H,4H2,1-3H3. The number of alkyl halides is 1. The van der Waals surface area contributed by atoms with Crippen LogP contribution in [0.1, 0.15) is 69.2 Å². The van der Waals surface area contributed by atoms with Gasteiger partial charge >= 0.3 is 0 Å². The maximum absolute atomic E-state index is 11.5. The quantitative estimate of drug-likeness (QED) is 0.297. The van der Waals surface area contributed by atoms with Crippen LogP contribution in [0.2, 0.25) is 0 Å². The van der Waals surface area contributed by atoms with Crippen LogP contribution in [0, 0.1) is 23.7 Å². The fourth-order valence-corrected chi connectivity index (χ4v) is 9.66. The summed E-state index contributed by atoms with van der Waals surface area (Å²) in [5, 5.41) is 0. The Hall–Kier alpha value is -1.07. The lowest BCUT2D eigenvalue weighted by atomic mass is 10.3. The van der Waals surface area contributed by atoms with Crippen LogP contribution in [0.3, 0.4) is 0 Å². The second-order valence-electron chi connectivity index (χ2n) is 13.2. The fourth-order valence-electron chi connectivity index (χ4n) is 3.45. The summed E-state index contributed by atoms with van der Waals surface area (Å²) in [7, 11) is -13.9. The highest BCUT2D eigenvalue weighted by molar-refractivity contribution is 7.99. The van der Waals surface area contributed by atoms with Gasteiger partial charge in [0.25, 0.3) is 0 Å². The molecule has 0 spiro atoms. The van der Waals surface area contributed by atoms with E-state index in [4.69, 9.17) is 0 Å². The van der Waals surface area contributed by atoms with Gasteiger partial charge in [-0.1, -0.05) is 73.6 Å². The minimum atomic E-state index is -3.39. The lowest BCUT2D eigenvalue weighted by Gasteiger charge is -2.08. The Labute approximate surface area is 282 Å². The first-order valence-electron chi connectivity index (χ1n) is 14.7. The summed E-state index contributed by atoms with van der Waals surface area (Å²) >= 11 is 0. The van der Waals surface area contributed by atoms with Crippen molar-refractivity contribution in [1.29, 1.82) is 0 Å². The van der Waals surface area contributed by atoms with Crippen LogP contribution in [0.5, 0.6) is 0 Å². The average molecular weight is 760 g/mol. The first kappa shape index (κ1) is 51.8. The number of sulfonamides is 1. The third kappa shape index (κ3) is 45.1. The van der Waals surface area contributed by atoms with E-state index in [0.29, 0.717) is 22.3 Å². The molecule has 278 valence electrons. The van der Waals surface area contributed by atoms with Crippen molar-refractivity contribution < 1.29 is 42.3 Å². The molecule has 0 fully saturated rings. The van der Waals surface area contributed by atoms with E-state index in [2.05, 4.69) is 10.6 Å². The lowest BCUT2D eigenvalue weighted by molar-refractivity contribution is 0.526. The van der Waals surface area contributed by atoms with E-state index in [-0.39, 0.29) is 29.5 Å². The Morgan fingerprint density at radius 3 is 1.07 bits per heavy atom. The zero-order chi connectivity index (χ0) is 37.7. The summed E-state index contributed by atoms with van der Waals surface area (Å²) in [4.78, 5) is 0.309. The van der Waals surface area contributed by atoms with Gasteiger partial charge in [0, 0.05) is 30.6 Å². The molecule has 1 aromatic carbocycles. The number of benzene rings is 1. The number of rotatable bonds is 12. The van der Waals surface area contributed by atoms with Crippen molar-refractivity contribution in [2.45, 2.75) is 80.2 Å². The van der Waals surface area contributed by atoms with Crippen LogP contribution in [-0.4, -0.2) is 97.6 Å². The molecule has 1 atom stereocenters. The lowest BCUT2D eigenvalue weighted by Crippen LogP contribution is -2.30. The van der Waals surface area contributed by atoms with Gasteiger partial charge in [-0.05, 0) is 65.0 Å². The van der Waals surface area contributed by atoms with Gasteiger partial charge in [0.2, 0.25) is 10.0 Å². The molecule has 0 aliphatic carbocycles. The predicted octanol–water partition coefficient (Wildman–Crippen LogP) is 4.72. The molecule has 0 aliphatic heterocycles.